The SMILES string of the molecule is CC(CS(C)(=O)=O)NC(C)C(=O)NC1CC1. The van der Waals surface area contributed by atoms with E-state index in [1.807, 2.05) is 0 Å². The number of nitrogens with one attached hydrogen (secondary N) is 2. The van der Waals surface area contributed by atoms with Crippen molar-refractivity contribution < 1.29 is 13.2 Å². The lowest BCUT2D eigenvalue weighted by Gasteiger charge is -2.18. The number of rotatable bonds is 6. The topological polar surface area (TPSA) is 75.3 Å². The average molecular weight is 248 g/mol. The first-order valence-electron chi connectivity index (χ1n) is 5.52. The maximum atomic E-state index is 11.6. The van der Waals surface area contributed by atoms with Crippen molar-refractivity contribution in [1.82, 2.24) is 10.6 Å². The summed E-state index contributed by atoms with van der Waals surface area (Å²) < 4.78 is 22.1. The summed E-state index contributed by atoms with van der Waals surface area (Å²) in [4.78, 5) is 11.6. The molecule has 2 N–H and O–H groups in total. The fourth-order valence-electron chi connectivity index (χ4n) is 1.56. The molecule has 1 amide bonds. The molecule has 0 spiro atoms. The predicted molar refractivity (Wildman–Crippen MR) is 62.9 cm³/mol. The van der Waals surface area contributed by atoms with E-state index >= 15 is 0 Å². The Morgan fingerprint density at radius 2 is 1.94 bits per heavy atom. The summed E-state index contributed by atoms with van der Waals surface area (Å²) in [6.07, 6.45) is 3.30. The first kappa shape index (κ1) is 13.4. The van der Waals surface area contributed by atoms with Gasteiger partial charge in [-0.2, -0.15) is 0 Å². The van der Waals surface area contributed by atoms with E-state index in [9.17, 15) is 13.2 Å². The zero-order valence-electron chi connectivity index (χ0n) is 9.99. The Kier molecular flexibility index (Phi) is 4.32. The number of hydrogen-bond donors (Lipinski definition) is 2. The van der Waals surface area contributed by atoms with Crippen LogP contribution in [0.2, 0.25) is 0 Å². The summed E-state index contributed by atoms with van der Waals surface area (Å²) in [6, 6.07) is -0.228. The standard InChI is InChI=1S/C10H20N2O3S/c1-7(6-16(3,14)15)11-8(2)10(13)12-9-4-5-9/h7-9,11H,4-6H2,1-3H3,(H,12,13). The van der Waals surface area contributed by atoms with E-state index in [1.54, 1.807) is 13.8 Å². The van der Waals surface area contributed by atoms with E-state index in [0.29, 0.717) is 6.04 Å². The summed E-state index contributed by atoms with van der Waals surface area (Å²) in [7, 11) is -3.00. The molecule has 0 aliphatic heterocycles. The highest BCUT2D eigenvalue weighted by molar-refractivity contribution is 7.90. The van der Waals surface area contributed by atoms with Gasteiger partial charge < -0.3 is 10.6 Å². The van der Waals surface area contributed by atoms with Crippen molar-refractivity contribution in [3.8, 4) is 0 Å². The normalized spacial score (nSPS) is 20.2. The molecule has 1 aliphatic carbocycles. The largest absolute Gasteiger partial charge is 0.352 e. The average Bonchev–Trinajstić information content (AvgIpc) is 2.83. The lowest BCUT2D eigenvalue weighted by molar-refractivity contribution is -0.123. The van der Waals surface area contributed by atoms with Gasteiger partial charge in [0, 0.05) is 18.3 Å². The van der Waals surface area contributed by atoms with Crippen LogP contribution in [0.5, 0.6) is 0 Å². The molecule has 16 heavy (non-hydrogen) atoms. The minimum atomic E-state index is -3.00. The summed E-state index contributed by atoms with van der Waals surface area (Å²) in [5, 5.41) is 5.85. The second-order valence-electron chi connectivity index (χ2n) is 4.66. The molecule has 1 saturated carbocycles. The Morgan fingerprint density at radius 1 is 1.38 bits per heavy atom. The second-order valence-corrected chi connectivity index (χ2v) is 6.85. The molecule has 0 radical (unpaired) electrons. The van der Waals surface area contributed by atoms with Crippen molar-refractivity contribution in [2.24, 2.45) is 0 Å². The molecule has 6 heteroatoms. The lowest BCUT2D eigenvalue weighted by atomic mass is 10.2. The third-order valence-electron chi connectivity index (χ3n) is 2.40. The monoisotopic (exact) mass is 248 g/mol. The molecule has 94 valence electrons. The molecule has 1 aliphatic rings. The summed E-state index contributed by atoms with van der Waals surface area (Å²) >= 11 is 0. The van der Waals surface area contributed by atoms with Crippen molar-refractivity contribution in [3.63, 3.8) is 0 Å². The summed E-state index contributed by atoms with van der Waals surface area (Å²) in [5.74, 6) is -0.00326. The first-order valence-corrected chi connectivity index (χ1v) is 7.58. The van der Waals surface area contributed by atoms with Crippen LogP contribution in [0, 0.1) is 0 Å². The molecule has 0 bridgehead atoms. The lowest BCUT2D eigenvalue weighted by Crippen LogP contribution is -2.48. The van der Waals surface area contributed by atoms with Crippen molar-refractivity contribution in [2.75, 3.05) is 12.0 Å². The van der Waals surface area contributed by atoms with Crippen molar-refractivity contribution >= 4 is 15.7 Å². The minimum absolute atomic E-state index is 0.0497. The van der Waals surface area contributed by atoms with Crippen LogP contribution in [0.25, 0.3) is 0 Å². The third kappa shape index (κ3) is 5.46. The molecule has 1 fully saturated rings. The van der Waals surface area contributed by atoms with Gasteiger partial charge in [-0.3, -0.25) is 4.79 Å². The summed E-state index contributed by atoms with van der Waals surface area (Å²) in [6.45, 7) is 3.51. The predicted octanol–water partition coefficient (Wildman–Crippen LogP) is -0.324. The fourth-order valence-corrected chi connectivity index (χ4v) is 2.56. The van der Waals surface area contributed by atoms with Gasteiger partial charge in [0.15, 0.2) is 0 Å². The van der Waals surface area contributed by atoms with Gasteiger partial charge in [-0.1, -0.05) is 0 Å². The van der Waals surface area contributed by atoms with Crippen LogP contribution in [-0.4, -0.2) is 44.5 Å². The molecular formula is C10H20N2O3S. The Bertz CT molecular complexity index is 349. The number of carbonyl (C=O) groups excluding carboxylic acids is 1. The van der Waals surface area contributed by atoms with E-state index in [0.717, 1.165) is 12.8 Å². The van der Waals surface area contributed by atoms with E-state index < -0.39 is 9.84 Å². The Labute approximate surface area is 96.9 Å². The van der Waals surface area contributed by atoms with Crippen LogP contribution in [0.4, 0.5) is 0 Å². The van der Waals surface area contributed by atoms with Gasteiger partial charge in [0.2, 0.25) is 5.91 Å². The maximum Gasteiger partial charge on any atom is 0.237 e. The molecule has 0 saturated heterocycles. The van der Waals surface area contributed by atoms with Crippen LogP contribution in [-0.2, 0) is 14.6 Å². The highest BCUT2D eigenvalue weighted by Crippen LogP contribution is 2.18. The molecule has 0 aromatic carbocycles. The highest BCUT2D eigenvalue weighted by atomic mass is 32.2. The number of hydrogen-bond acceptors (Lipinski definition) is 4. The van der Waals surface area contributed by atoms with Crippen LogP contribution >= 0.6 is 0 Å². The van der Waals surface area contributed by atoms with Crippen molar-refractivity contribution in [1.29, 1.82) is 0 Å². The number of sulfone groups is 1. The third-order valence-corrected chi connectivity index (χ3v) is 3.51. The van der Waals surface area contributed by atoms with Gasteiger partial charge in [-0.05, 0) is 26.7 Å². The van der Waals surface area contributed by atoms with E-state index in [4.69, 9.17) is 0 Å². The van der Waals surface area contributed by atoms with Crippen LogP contribution in [0.15, 0.2) is 0 Å². The second kappa shape index (κ2) is 5.14. The molecule has 5 nitrogen and oxygen atoms in total. The van der Waals surface area contributed by atoms with Crippen LogP contribution < -0.4 is 10.6 Å². The molecule has 0 aromatic rings. The van der Waals surface area contributed by atoms with Crippen molar-refractivity contribution in [3.05, 3.63) is 0 Å². The Hall–Kier alpha value is -0.620. The van der Waals surface area contributed by atoms with Gasteiger partial charge in [0.25, 0.3) is 0 Å². The van der Waals surface area contributed by atoms with Crippen molar-refractivity contribution in [2.45, 2.75) is 44.8 Å². The highest BCUT2D eigenvalue weighted by Gasteiger charge is 2.26. The van der Waals surface area contributed by atoms with Gasteiger partial charge in [-0.15, -0.1) is 0 Å². The van der Waals surface area contributed by atoms with Gasteiger partial charge >= 0.3 is 0 Å². The zero-order chi connectivity index (χ0) is 12.3. The smallest absolute Gasteiger partial charge is 0.237 e. The van der Waals surface area contributed by atoms with Crippen LogP contribution in [0.1, 0.15) is 26.7 Å². The van der Waals surface area contributed by atoms with E-state index in [2.05, 4.69) is 10.6 Å². The Morgan fingerprint density at radius 3 is 2.38 bits per heavy atom. The van der Waals surface area contributed by atoms with E-state index in [1.165, 1.54) is 6.26 Å². The molecule has 0 aromatic heterocycles. The Balaban J connectivity index is 2.31. The van der Waals surface area contributed by atoms with Gasteiger partial charge in [0.1, 0.15) is 9.84 Å². The van der Waals surface area contributed by atoms with Crippen LogP contribution in [0.3, 0.4) is 0 Å². The molecule has 1 rings (SSSR count). The molecule has 2 atom stereocenters. The minimum Gasteiger partial charge on any atom is -0.352 e. The number of carbonyl (C=O) groups is 1. The fraction of sp³-hybridized carbons (Fsp3) is 0.900. The zero-order valence-corrected chi connectivity index (χ0v) is 10.8. The molecular weight excluding hydrogens is 228 g/mol. The van der Waals surface area contributed by atoms with E-state index in [-0.39, 0.29) is 23.7 Å². The molecule has 0 heterocycles. The summed E-state index contributed by atoms with van der Waals surface area (Å²) in [5.41, 5.74) is 0. The van der Waals surface area contributed by atoms with Gasteiger partial charge in [0.05, 0.1) is 11.8 Å². The maximum absolute atomic E-state index is 11.6. The quantitative estimate of drug-likeness (QED) is 0.675. The number of amides is 1. The first-order chi connectivity index (χ1) is 7.28. The van der Waals surface area contributed by atoms with Gasteiger partial charge in [-0.25, -0.2) is 8.42 Å². The molecule has 2 unspecified atom stereocenters.